The van der Waals surface area contributed by atoms with Crippen LogP contribution in [0, 0.1) is 5.39 Å². The van der Waals surface area contributed by atoms with E-state index in [1.807, 2.05) is 19.9 Å². The van der Waals surface area contributed by atoms with Crippen LogP contribution >= 0.6 is 0 Å². The van der Waals surface area contributed by atoms with Gasteiger partial charge in [0.05, 0.1) is 38.2 Å². The van der Waals surface area contributed by atoms with E-state index in [2.05, 4.69) is 9.88 Å². The van der Waals surface area contributed by atoms with Crippen LogP contribution < -0.4 is 51.6 Å². The quantitative estimate of drug-likeness (QED) is 0.331. The number of benzene rings is 1. The molecule has 24 heavy (non-hydrogen) atoms. The van der Waals surface area contributed by atoms with Gasteiger partial charge in [0.1, 0.15) is 5.75 Å². The molecule has 1 aromatic carbocycles. The Labute approximate surface area is 174 Å². The fourth-order valence-electron chi connectivity index (χ4n) is 2.23. The molecule has 1 heterocycles. The van der Waals surface area contributed by atoms with Crippen molar-refractivity contribution >= 4 is 11.4 Å². The average Bonchev–Trinajstić information content (AvgIpc) is 2.49. The molecule has 0 N–H and O–H groups in total. The average molecular weight is 450 g/mol. The van der Waals surface area contributed by atoms with Crippen LogP contribution in [0.2, 0.25) is 0 Å². The van der Waals surface area contributed by atoms with E-state index in [0.717, 1.165) is 18.8 Å². The third-order valence-corrected chi connectivity index (χ3v) is 3.08. The predicted molar refractivity (Wildman–Crippen MR) is 76.6 cm³/mol. The first-order valence-electron chi connectivity index (χ1n) is 6.91. The maximum absolute atomic E-state index is 9.21. The van der Waals surface area contributed by atoms with E-state index < -0.39 is 0 Å². The Bertz CT molecular complexity index is 512. The number of nitrogens with zero attached hydrogens (tertiary/aromatic N) is 3. The van der Waals surface area contributed by atoms with Crippen LogP contribution in [-0.4, -0.2) is 39.5 Å². The van der Waals surface area contributed by atoms with Crippen LogP contribution in [0.15, 0.2) is 12.1 Å². The van der Waals surface area contributed by atoms with E-state index in [1.165, 1.54) is 0 Å². The van der Waals surface area contributed by atoms with Gasteiger partial charge in [0, 0.05) is 19.2 Å². The topological polar surface area (TPSA) is 59.1 Å². The van der Waals surface area contributed by atoms with Gasteiger partial charge in [0.15, 0.2) is 4.98 Å². The summed E-state index contributed by atoms with van der Waals surface area (Å²) in [6.07, 6.45) is 0. The minimum absolute atomic E-state index is 0. The van der Waals surface area contributed by atoms with Crippen LogP contribution in [0.3, 0.4) is 0 Å². The van der Waals surface area contributed by atoms with Gasteiger partial charge in [-0.15, -0.1) is 0 Å². The maximum Gasteiger partial charge on any atom is 2.00 e. The minimum atomic E-state index is 0. The van der Waals surface area contributed by atoms with E-state index in [-0.39, 0.29) is 56.7 Å². The molecule has 1 aliphatic heterocycles. The molecule has 2 rings (SSSR count). The van der Waals surface area contributed by atoms with Crippen LogP contribution in [0.25, 0.3) is 4.98 Å². The Balaban J connectivity index is -0.00000110. The Morgan fingerprint density at radius 1 is 1.08 bits per heavy atom. The van der Waals surface area contributed by atoms with Gasteiger partial charge in [0.2, 0.25) is 11.1 Å². The van der Waals surface area contributed by atoms with Gasteiger partial charge in [0.25, 0.3) is 0 Å². The fourth-order valence-corrected chi connectivity index (χ4v) is 2.23. The molecule has 1 aliphatic rings. The second-order valence-electron chi connectivity index (χ2n) is 4.36. The number of anilines is 1. The van der Waals surface area contributed by atoms with E-state index in [0.29, 0.717) is 43.6 Å². The SMILES string of the molecule is CCOc1cc([N+]#N)c(OCC)c(N2CCOCC2)c1.[Cl-].[Cl-].[Cl-].[Zn+2]. The van der Waals surface area contributed by atoms with Gasteiger partial charge in [-0.2, -0.15) is 0 Å². The van der Waals surface area contributed by atoms with E-state index in [4.69, 9.17) is 14.2 Å². The molecule has 0 aromatic heterocycles. The Morgan fingerprint density at radius 2 is 1.67 bits per heavy atom. The zero-order valence-corrected chi connectivity index (χ0v) is 19.0. The number of hydrogen-bond donors (Lipinski definition) is 0. The molecular formula is C14H20Cl3N3O3Zn. The Hall–Kier alpha value is -0.507. The standard InChI is InChI=1S/C14H20N3O3.3ClH.Zn/c1-3-19-11-9-12(16-15)14(20-4-2)13(10-11)17-5-7-18-8-6-17;;;;/h9-10H,3-8H2,1-2H3;3*1H;/q+1;;;;+2/p-3. The second-order valence-corrected chi connectivity index (χ2v) is 4.36. The van der Waals surface area contributed by atoms with Crippen LogP contribution in [0.1, 0.15) is 13.8 Å². The van der Waals surface area contributed by atoms with Crippen molar-refractivity contribution < 1.29 is 70.9 Å². The van der Waals surface area contributed by atoms with Crippen LogP contribution in [0.4, 0.5) is 11.4 Å². The summed E-state index contributed by atoms with van der Waals surface area (Å²) in [7, 11) is 0. The molecular weight excluding hydrogens is 430 g/mol. The molecule has 0 unspecified atom stereocenters. The smallest absolute Gasteiger partial charge is 1.00 e. The number of morpholine rings is 1. The van der Waals surface area contributed by atoms with Crippen molar-refractivity contribution in [3.05, 3.63) is 17.1 Å². The summed E-state index contributed by atoms with van der Waals surface area (Å²) in [5.74, 6) is 1.26. The molecule has 0 spiro atoms. The monoisotopic (exact) mass is 447 g/mol. The molecule has 1 fully saturated rings. The molecule has 0 aliphatic carbocycles. The second kappa shape index (κ2) is 14.8. The first kappa shape index (κ1) is 28.3. The molecule has 0 atom stereocenters. The van der Waals surface area contributed by atoms with Gasteiger partial charge in [-0.3, -0.25) is 0 Å². The predicted octanol–water partition coefficient (Wildman–Crippen LogP) is -6.19. The number of ether oxygens (including phenoxy) is 3. The third-order valence-electron chi connectivity index (χ3n) is 3.08. The summed E-state index contributed by atoms with van der Waals surface area (Å²) in [5, 5.41) is 9.21. The molecule has 10 heteroatoms. The number of diazo groups is 1. The Morgan fingerprint density at radius 3 is 2.17 bits per heavy atom. The fraction of sp³-hybridized carbons (Fsp3) is 0.571. The van der Waals surface area contributed by atoms with E-state index in [9.17, 15) is 5.39 Å². The van der Waals surface area contributed by atoms with Gasteiger partial charge >= 0.3 is 25.2 Å². The molecule has 0 saturated carbocycles. The first-order chi connectivity index (χ1) is 9.80. The largest absolute Gasteiger partial charge is 2.00 e. The number of halogens is 3. The molecule has 6 nitrogen and oxygen atoms in total. The molecule has 0 amide bonds. The first-order valence-corrected chi connectivity index (χ1v) is 6.91. The van der Waals surface area contributed by atoms with Gasteiger partial charge in [-0.25, -0.2) is 0 Å². The summed E-state index contributed by atoms with van der Waals surface area (Å²) in [6.45, 7) is 7.80. The molecule has 0 radical (unpaired) electrons. The van der Waals surface area contributed by atoms with Crippen molar-refractivity contribution in [3.63, 3.8) is 0 Å². The van der Waals surface area contributed by atoms with E-state index in [1.54, 1.807) is 6.07 Å². The number of hydrogen-bond acceptors (Lipinski definition) is 5. The van der Waals surface area contributed by atoms with Gasteiger partial charge in [-0.05, 0) is 13.8 Å². The molecule has 132 valence electrons. The molecule has 1 aromatic rings. The summed E-state index contributed by atoms with van der Waals surface area (Å²) >= 11 is 0. The van der Waals surface area contributed by atoms with Crippen LogP contribution in [-0.2, 0) is 24.2 Å². The summed E-state index contributed by atoms with van der Waals surface area (Å²) < 4.78 is 16.6. The zero-order valence-electron chi connectivity index (χ0n) is 13.8. The van der Waals surface area contributed by atoms with Gasteiger partial charge < -0.3 is 56.3 Å². The summed E-state index contributed by atoms with van der Waals surface area (Å²) in [5.41, 5.74) is 1.27. The van der Waals surface area contributed by atoms with Crippen molar-refractivity contribution in [3.8, 4) is 11.5 Å². The van der Waals surface area contributed by atoms with Crippen molar-refractivity contribution in [1.29, 1.82) is 5.39 Å². The van der Waals surface area contributed by atoms with Crippen molar-refractivity contribution in [1.82, 2.24) is 0 Å². The van der Waals surface area contributed by atoms with Crippen LogP contribution in [0.5, 0.6) is 11.5 Å². The van der Waals surface area contributed by atoms with E-state index >= 15 is 0 Å². The number of rotatable bonds is 5. The van der Waals surface area contributed by atoms with Crippen molar-refractivity contribution in [2.75, 3.05) is 44.4 Å². The normalized spacial score (nSPS) is 12.3. The van der Waals surface area contributed by atoms with Crippen molar-refractivity contribution in [2.45, 2.75) is 13.8 Å². The summed E-state index contributed by atoms with van der Waals surface area (Å²) in [6, 6.07) is 3.60. The minimum Gasteiger partial charge on any atom is -1.00 e. The van der Waals surface area contributed by atoms with Crippen molar-refractivity contribution in [2.24, 2.45) is 0 Å². The molecule has 0 bridgehead atoms. The van der Waals surface area contributed by atoms with Gasteiger partial charge in [-0.1, -0.05) is 0 Å². The maximum atomic E-state index is 9.21. The molecule has 1 saturated heterocycles. The third kappa shape index (κ3) is 7.17. The summed E-state index contributed by atoms with van der Waals surface area (Å²) in [4.78, 5) is 5.48. The Kier molecular flexibility index (Phi) is 17.5. The zero-order chi connectivity index (χ0) is 14.4.